The summed E-state index contributed by atoms with van der Waals surface area (Å²) < 4.78 is 25.4. The minimum absolute atomic E-state index is 0.424. The Morgan fingerprint density at radius 1 is 1.59 bits per heavy atom. The van der Waals surface area contributed by atoms with Crippen molar-refractivity contribution < 1.29 is 18.7 Å². The van der Waals surface area contributed by atoms with Crippen LogP contribution in [0, 0.1) is 6.92 Å². The fraction of sp³-hybridized carbons (Fsp3) is 0.545. The smallest absolute Gasteiger partial charge is 0.287 e. The van der Waals surface area contributed by atoms with Crippen LogP contribution in [-0.2, 0) is 6.42 Å². The molecule has 1 amide bonds. The monoisotopic (exact) mass is 263 g/mol. The molecule has 0 atom stereocenters. The predicted octanol–water partition coefficient (Wildman–Crippen LogP) is 1.98. The molecule has 1 heterocycles. The van der Waals surface area contributed by atoms with Gasteiger partial charge in [-0.15, -0.1) is 11.3 Å². The van der Waals surface area contributed by atoms with E-state index < -0.39 is 25.0 Å². The number of nitrogens with one attached hydrogen (secondary N) is 1. The molecule has 0 spiro atoms. The SMILES string of the molecule is CCc1sc(C(=O)NCC(F)(F)CO)cc1C. The largest absolute Gasteiger partial charge is 0.390 e. The maximum absolute atomic E-state index is 12.7. The van der Waals surface area contributed by atoms with Gasteiger partial charge in [-0.2, -0.15) is 0 Å². The lowest BCUT2D eigenvalue weighted by molar-refractivity contribution is -0.0461. The molecule has 1 rings (SSSR count). The summed E-state index contributed by atoms with van der Waals surface area (Å²) in [6, 6.07) is 1.69. The second kappa shape index (κ2) is 5.55. The zero-order chi connectivity index (χ0) is 13.1. The summed E-state index contributed by atoms with van der Waals surface area (Å²) in [5, 5.41) is 10.5. The molecule has 0 aliphatic heterocycles. The summed E-state index contributed by atoms with van der Waals surface area (Å²) in [7, 11) is 0. The summed E-state index contributed by atoms with van der Waals surface area (Å²) in [6.45, 7) is 1.74. The number of carbonyl (C=O) groups excluding carboxylic acids is 1. The first-order valence-corrected chi connectivity index (χ1v) is 6.07. The fourth-order valence-electron chi connectivity index (χ4n) is 1.34. The zero-order valence-electron chi connectivity index (χ0n) is 9.72. The zero-order valence-corrected chi connectivity index (χ0v) is 10.5. The number of aryl methyl sites for hydroxylation is 2. The van der Waals surface area contributed by atoms with Gasteiger partial charge in [0.2, 0.25) is 0 Å². The van der Waals surface area contributed by atoms with Crippen LogP contribution in [0.4, 0.5) is 8.78 Å². The van der Waals surface area contributed by atoms with E-state index in [0.29, 0.717) is 4.88 Å². The molecule has 0 aliphatic carbocycles. The third-order valence-electron chi connectivity index (χ3n) is 2.30. The van der Waals surface area contributed by atoms with E-state index in [9.17, 15) is 13.6 Å². The molecule has 17 heavy (non-hydrogen) atoms. The number of aliphatic hydroxyl groups excluding tert-OH is 1. The van der Waals surface area contributed by atoms with Crippen LogP contribution in [0.3, 0.4) is 0 Å². The summed E-state index contributed by atoms with van der Waals surface area (Å²) in [5.74, 6) is -3.79. The van der Waals surface area contributed by atoms with Crippen LogP contribution in [0.25, 0.3) is 0 Å². The van der Waals surface area contributed by atoms with Gasteiger partial charge in [-0.1, -0.05) is 6.92 Å². The lowest BCUT2D eigenvalue weighted by Gasteiger charge is -2.13. The van der Waals surface area contributed by atoms with Gasteiger partial charge in [0.1, 0.15) is 6.61 Å². The number of thiophene rings is 1. The van der Waals surface area contributed by atoms with Crippen molar-refractivity contribution in [1.29, 1.82) is 0 Å². The van der Waals surface area contributed by atoms with E-state index in [0.717, 1.165) is 16.9 Å². The average molecular weight is 263 g/mol. The number of halogens is 2. The maximum atomic E-state index is 12.7. The van der Waals surface area contributed by atoms with Crippen LogP contribution in [0.1, 0.15) is 27.0 Å². The van der Waals surface area contributed by atoms with Crippen molar-refractivity contribution in [2.45, 2.75) is 26.2 Å². The number of amides is 1. The van der Waals surface area contributed by atoms with E-state index >= 15 is 0 Å². The number of aliphatic hydroxyl groups is 1. The molecule has 1 aromatic heterocycles. The van der Waals surface area contributed by atoms with Gasteiger partial charge >= 0.3 is 0 Å². The van der Waals surface area contributed by atoms with Gasteiger partial charge in [0.15, 0.2) is 0 Å². The van der Waals surface area contributed by atoms with Gasteiger partial charge in [-0.3, -0.25) is 4.79 Å². The fourth-order valence-corrected chi connectivity index (χ4v) is 2.37. The average Bonchev–Trinajstić information content (AvgIpc) is 2.67. The van der Waals surface area contributed by atoms with Crippen molar-refractivity contribution in [2.75, 3.05) is 13.2 Å². The molecule has 0 saturated heterocycles. The number of hydrogen-bond acceptors (Lipinski definition) is 3. The van der Waals surface area contributed by atoms with Crippen molar-refractivity contribution in [3.05, 3.63) is 21.4 Å². The normalized spacial score (nSPS) is 11.6. The Labute approximate surface area is 102 Å². The van der Waals surface area contributed by atoms with Gasteiger partial charge in [0, 0.05) is 4.88 Å². The molecule has 0 radical (unpaired) electrons. The van der Waals surface area contributed by atoms with Crippen molar-refractivity contribution in [3.63, 3.8) is 0 Å². The first-order chi connectivity index (χ1) is 7.89. The second-order valence-electron chi connectivity index (χ2n) is 3.77. The first kappa shape index (κ1) is 14.1. The Morgan fingerprint density at radius 3 is 2.71 bits per heavy atom. The molecule has 0 saturated carbocycles. The molecule has 0 fully saturated rings. The molecule has 96 valence electrons. The standard InChI is InChI=1S/C11H15F2NO2S/c1-3-8-7(2)4-9(17-8)10(16)14-5-11(12,13)6-15/h4,15H,3,5-6H2,1-2H3,(H,14,16). The Bertz CT molecular complexity index is 404. The third-order valence-corrected chi connectivity index (χ3v) is 3.68. The van der Waals surface area contributed by atoms with Gasteiger partial charge in [0.05, 0.1) is 11.4 Å². The van der Waals surface area contributed by atoms with Gasteiger partial charge in [0.25, 0.3) is 11.8 Å². The van der Waals surface area contributed by atoms with Crippen LogP contribution in [0.5, 0.6) is 0 Å². The van der Waals surface area contributed by atoms with E-state index in [2.05, 4.69) is 5.32 Å². The molecular formula is C11H15F2NO2S. The molecule has 0 aliphatic rings. The van der Waals surface area contributed by atoms with Gasteiger partial charge in [-0.25, -0.2) is 8.78 Å². The minimum Gasteiger partial charge on any atom is -0.390 e. The molecule has 0 unspecified atom stereocenters. The van der Waals surface area contributed by atoms with Crippen LogP contribution >= 0.6 is 11.3 Å². The highest BCUT2D eigenvalue weighted by Gasteiger charge is 2.28. The van der Waals surface area contributed by atoms with Crippen LogP contribution in [0.2, 0.25) is 0 Å². The lowest BCUT2D eigenvalue weighted by atomic mass is 10.2. The topological polar surface area (TPSA) is 49.3 Å². The van der Waals surface area contributed by atoms with Crippen molar-refractivity contribution in [2.24, 2.45) is 0 Å². The van der Waals surface area contributed by atoms with Crippen LogP contribution < -0.4 is 5.32 Å². The lowest BCUT2D eigenvalue weighted by Crippen LogP contribution is -2.38. The quantitative estimate of drug-likeness (QED) is 0.853. The first-order valence-electron chi connectivity index (χ1n) is 5.26. The number of alkyl halides is 2. The highest BCUT2D eigenvalue weighted by molar-refractivity contribution is 7.14. The molecule has 2 N–H and O–H groups in total. The predicted molar refractivity (Wildman–Crippen MR) is 62.8 cm³/mol. The Balaban J connectivity index is 2.64. The van der Waals surface area contributed by atoms with Gasteiger partial charge < -0.3 is 10.4 Å². The van der Waals surface area contributed by atoms with E-state index in [4.69, 9.17) is 5.11 Å². The number of carbonyl (C=O) groups is 1. The van der Waals surface area contributed by atoms with Crippen molar-refractivity contribution >= 4 is 17.2 Å². The molecule has 3 nitrogen and oxygen atoms in total. The Kier molecular flexibility index (Phi) is 4.59. The van der Waals surface area contributed by atoms with Crippen LogP contribution in [0.15, 0.2) is 6.07 Å². The van der Waals surface area contributed by atoms with Crippen molar-refractivity contribution in [3.8, 4) is 0 Å². The third kappa shape index (κ3) is 3.74. The highest BCUT2D eigenvalue weighted by Crippen LogP contribution is 2.22. The second-order valence-corrected chi connectivity index (χ2v) is 4.90. The summed E-state index contributed by atoms with van der Waals surface area (Å²) >= 11 is 1.31. The molecular weight excluding hydrogens is 248 g/mol. The Hall–Kier alpha value is -1.01. The molecule has 6 heteroatoms. The van der Waals surface area contributed by atoms with Crippen molar-refractivity contribution in [1.82, 2.24) is 5.32 Å². The Morgan fingerprint density at radius 2 is 2.24 bits per heavy atom. The molecule has 0 bridgehead atoms. The van der Waals surface area contributed by atoms with Gasteiger partial charge in [-0.05, 0) is 25.0 Å². The number of rotatable bonds is 5. The molecule has 0 aromatic carbocycles. The maximum Gasteiger partial charge on any atom is 0.287 e. The highest BCUT2D eigenvalue weighted by atomic mass is 32.1. The number of hydrogen-bond donors (Lipinski definition) is 2. The summed E-state index contributed by atoms with van der Waals surface area (Å²) in [4.78, 5) is 13.1. The summed E-state index contributed by atoms with van der Waals surface area (Å²) in [6.07, 6.45) is 0.816. The molecule has 1 aromatic rings. The summed E-state index contributed by atoms with van der Waals surface area (Å²) in [5.41, 5.74) is 0.997. The van der Waals surface area contributed by atoms with Crippen LogP contribution in [-0.4, -0.2) is 30.1 Å². The van der Waals surface area contributed by atoms with E-state index in [1.54, 1.807) is 6.07 Å². The van der Waals surface area contributed by atoms with E-state index in [-0.39, 0.29) is 0 Å². The minimum atomic E-state index is -3.27. The van der Waals surface area contributed by atoms with E-state index in [1.165, 1.54) is 11.3 Å². The van der Waals surface area contributed by atoms with E-state index in [1.807, 2.05) is 13.8 Å².